The van der Waals surface area contributed by atoms with Crippen LogP contribution >= 0.6 is 0 Å². The normalized spacial score (nSPS) is 11.3. The summed E-state index contributed by atoms with van der Waals surface area (Å²) in [6.45, 7) is 15.2. The van der Waals surface area contributed by atoms with Crippen molar-refractivity contribution in [2.45, 2.75) is 0 Å². The van der Waals surface area contributed by atoms with Gasteiger partial charge in [0.15, 0.2) is 11.4 Å². The highest BCUT2D eigenvalue weighted by Crippen LogP contribution is 2.41. The van der Waals surface area contributed by atoms with Crippen LogP contribution in [0.15, 0.2) is 133 Å². The Morgan fingerprint density at radius 3 is 1.21 bits per heavy atom. The molecule has 0 bridgehead atoms. The van der Waals surface area contributed by atoms with Gasteiger partial charge in [-0.25, -0.2) is 9.69 Å². The zero-order chi connectivity index (χ0) is 28.2. The molecule has 6 aromatic carbocycles. The molecule has 0 N–H and O–H groups in total. The van der Waals surface area contributed by atoms with Crippen molar-refractivity contribution in [1.29, 1.82) is 0 Å². The van der Waals surface area contributed by atoms with Crippen molar-refractivity contribution in [1.82, 2.24) is 9.13 Å². The van der Waals surface area contributed by atoms with Crippen LogP contribution in [0.3, 0.4) is 0 Å². The van der Waals surface area contributed by atoms with Gasteiger partial charge in [0.1, 0.15) is 0 Å². The third kappa shape index (κ3) is 3.40. The third-order valence-corrected chi connectivity index (χ3v) is 8.15. The van der Waals surface area contributed by atoms with Gasteiger partial charge in [-0.3, -0.25) is 0 Å². The Labute approximate surface area is 242 Å². The summed E-state index contributed by atoms with van der Waals surface area (Å²) in [4.78, 5) is 7.39. The van der Waals surface area contributed by atoms with Crippen molar-refractivity contribution >= 4 is 55.0 Å². The fourth-order valence-corrected chi connectivity index (χ4v) is 6.37. The van der Waals surface area contributed by atoms with Crippen LogP contribution < -0.4 is 0 Å². The SMILES string of the molecule is [C-]#[N+]c1ccc2c(c1)c1ccccc1n2-c1ccccc1-c1ccccc1-n1c2ccccc2c2cc([N+]#[C-])ccc21. The van der Waals surface area contributed by atoms with Gasteiger partial charge in [-0.05, 0) is 59.3 Å². The molecule has 0 aliphatic carbocycles. The Bertz CT molecular complexity index is 2270. The van der Waals surface area contributed by atoms with Gasteiger partial charge in [-0.15, -0.1) is 0 Å². The highest BCUT2D eigenvalue weighted by Gasteiger charge is 2.19. The number of benzene rings is 6. The van der Waals surface area contributed by atoms with E-state index >= 15 is 0 Å². The molecule has 0 atom stereocenters. The summed E-state index contributed by atoms with van der Waals surface area (Å²) in [5.74, 6) is 0. The van der Waals surface area contributed by atoms with Crippen LogP contribution in [-0.2, 0) is 0 Å². The Balaban J connectivity index is 1.45. The summed E-state index contributed by atoms with van der Waals surface area (Å²) in [6, 6.07) is 45.8. The summed E-state index contributed by atoms with van der Waals surface area (Å²) in [5, 5.41) is 4.39. The van der Waals surface area contributed by atoms with Crippen LogP contribution in [0.5, 0.6) is 0 Å². The standard InChI is InChI=1S/C38H22N4/c1-39-25-19-21-37-31(23-25)29-13-5-9-17-35(29)41(37)33-15-7-3-11-27(33)28-12-4-8-16-34(28)42-36-18-10-6-14-30(36)32-24-26(40-2)20-22-38(32)42/h3-24H. The Kier molecular flexibility index (Phi) is 5.22. The van der Waals surface area contributed by atoms with E-state index in [1.165, 1.54) is 0 Å². The molecule has 4 nitrogen and oxygen atoms in total. The molecule has 0 spiro atoms. The lowest BCUT2D eigenvalue weighted by molar-refractivity contribution is 1.16. The maximum absolute atomic E-state index is 7.58. The molecule has 0 aliphatic heterocycles. The molecule has 0 saturated heterocycles. The Morgan fingerprint density at radius 2 is 0.762 bits per heavy atom. The highest BCUT2D eigenvalue weighted by molar-refractivity contribution is 6.12. The van der Waals surface area contributed by atoms with Gasteiger partial charge in [0.2, 0.25) is 0 Å². The maximum atomic E-state index is 7.58. The van der Waals surface area contributed by atoms with Gasteiger partial charge in [0, 0.05) is 21.9 Å². The van der Waals surface area contributed by atoms with E-state index in [4.69, 9.17) is 13.1 Å². The topological polar surface area (TPSA) is 18.6 Å². The molecule has 4 heteroatoms. The number of fused-ring (bicyclic) bond motifs is 6. The van der Waals surface area contributed by atoms with Crippen molar-refractivity contribution in [2.75, 3.05) is 0 Å². The second kappa shape index (κ2) is 9.24. The summed E-state index contributed by atoms with van der Waals surface area (Å²) in [6.07, 6.45) is 0. The van der Waals surface area contributed by atoms with Gasteiger partial charge < -0.3 is 9.13 Å². The average Bonchev–Trinajstić information content (AvgIpc) is 3.56. The van der Waals surface area contributed by atoms with Gasteiger partial charge in [-0.2, -0.15) is 0 Å². The number of hydrogen-bond acceptors (Lipinski definition) is 0. The van der Waals surface area contributed by atoms with Crippen LogP contribution in [-0.4, -0.2) is 9.13 Å². The quantitative estimate of drug-likeness (QED) is 0.201. The Hall–Kier alpha value is -6.10. The van der Waals surface area contributed by atoms with E-state index in [-0.39, 0.29) is 0 Å². The predicted molar refractivity (Wildman–Crippen MR) is 173 cm³/mol. The lowest BCUT2D eigenvalue weighted by atomic mass is 10.0. The van der Waals surface area contributed by atoms with Crippen LogP contribution in [0.25, 0.3) is 75.8 Å². The number of hydrogen-bond donors (Lipinski definition) is 0. The lowest BCUT2D eigenvalue weighted by Crippen LogP contribution is -2.01. The molecular formula is C38H22N4. The van der Waals surface area contributed by atoms with Crippen molar-refractivity contribution < 1.29 is 0 Å². The highest BCUT2D eigenvalue weighted by atomic mass is 15.0. The first-order valence-corrected chi connectivity index (χ1v) is 13.8. The summed E-state index contributed by atoms with van der Waals surface area (Å²) < 4.78 is 4.64. The minimum atomic E-state index is 0.636. The fraction of sp³-hybridized carbons (Fsp3) is 0. The number of aromatic nitrogens is 2. The van der Waals surface area contributed by atoms with E-state index in [0.717, 1.165) is 66.1 Å². The van der Waals surface area contributed by atoms with E-state index in [2.05, 4.69) is 128 Å². The summed E-state index contributed by atoms with van der Waals surface area (Å²) in [7, 11) is 0. The predicted octanol–water partition coefficient (Wildman–Crippen LogP) is 10.6. The molecular weight excluding hydrogens is 512 g/mol. The van der Waals surface area contributed by atoms with E-state index in [1.807, 2.05) is 24.3 Å². The molecule has 0 unspecified atom stereocenters. The molecule has 0 radical (unpaired) electrons. The first kappa shape index (κ1) is 23.8. The molecule has 0 aliphatic rings. The molecule has 8 aromatic rings. The summed E-state index contributed by atoms with van der Waals surface area (Å²) >= 11 is 0. The zero-order valence-corrected chi connectivity index (χ0v) is 22.5. The second-order valence-corrected chi connectivity index (χ2v) is 10.4. The summed E-state index contributed by atoms with van der Waals surface area (Å²) in [5.41, 5.74) is 9.96. The molecule has 2 aromatic heterocycles. The molecule has 0 saturated carbocycles. The molecule has 2 heterocycles. The minimum Gasteiger partial charge on any atom is -0.309 e. The van der Waals surface area contributed by atoms with E-state index < -0.39 is 0 Å². The number of nitrogens with zero attached hydrogens (tertiary/aromatic N) is 4. The first-order chi connectivity index (χ1) is 20.8. The number of para-hydroxylation sites is 4. The van der Waals surface area contributed by atoms with Crippen molar-refractivity contribution in [3.8, 4) is 22.5 Å². The monoisotopic (exact) mass is 534 g/mol. The number of rotatable bonds is 3. The van der Waals surface area contributed by atoms with Gasteiger partial charge in [0.25, 0.3) is 0 Å². The van der Waals surface area contributed by atoms with Gasteiger partial charge >= 0.3 is 0 Å². The van der Waals surface area contributed by atoms with E-state index in [9.17, 15) is 0 Å². The van der Waals surface area contributed by atoms with Crippen LogP contribution in [0, 0.1) is 13.1 Å². The first-order valence-electron chi connectivity index (χ1n) is 13.8. The molecule has 8 rings (SSSR count). The third-order valence-electron chi connectivity index (χ3n) is 8.15. The Morgan fingerprint density at radius 1 is 0.381 bits per heavy atom. The molecule has 42 heavy (non-hydrogen) atoms. The van der Waals surface area contributed by atoms with Crippen molar-refractivity contribution in [3.63, 3.8) is 0 Å². The van der Waals surface area contributed by atoms with Crippen LogP contribution in [0.2, 0.25) is 0 Å². The van der Waals surface area contributed by atoms with Gasteiger partial charge in [-0.1, -0.05) is 84.9 Å². The second-order valence-electron chi connectivity index (χ2n) is 10.4. The molecule has 0 amide bonds. The van der Waals surface area contributed by atoms with Crippen LogP contribution in [0.1, 0.15) is 0 Å². The van der Waals surface area contributed by atoms with Crippen molar-refractivity contribution in [2.24, 2.45) is 0 Å². The lowest BCUT2D eigenvalue weighted by Gasteiger charge is -2.18. The molecule has 194 valence electrons. The maximum Gasteiger partial charge on any atom is 0.188 e. The van der Waals surface area contributed by atoms with E-state index in [0.29, 0.717) is 11.4 Å². The average molecular weight is 535 g/mol. The largest absolute Gasteiger partial charge is 0.309 e. The molecule has 0 fully saturated rings. The van der Waals surface area contributed by atoms with Crippen LogP contribution in [0.4, 0.5) is 11.4 Å². The van der Waals surface area contributed by atoms with Crippen molar-refractivity contribution in [3.05, 3.63) is 156 Å². The van der Waals surface area contributed by atoms with Gasteiger partial charge in [0.05, 0.1) is 46.6 Å². The fourth-order valence-electron chi connectivity index (χ4n) is 6.37. The smallest absolute Gasteiger partial charge is 0.188 e. The zero-order valence-electron chi connectivity index (χ0n) is 22.5. The van der Waals surface area contributed by atoms with E-state index in [1.54, 1.807) is 0 Å². The minimum absolute atomic E-state index is 0.636.